The number of alkyl halides is 3. The third-order valence-electron chi connectivity index (χ3n) is 2.97. The van der Waals surface area contributed by atoms with Crippen molar-refractivity contribution in [2.75, 3.05) is 6.61 Å². The summed E-state index contributed by atoms with van der Waals surface area (Å²) in [6.45, 7) is 5.77. The summed E-state index contributed by atoms with van der Waals surface area (Å²) in [5.41, 5.74) is -6.72. The van der Waals surface area contributed by atoms with Crippen molar-refractivity contribution in [2.24, 2.45) is 5.92 Å². The number of carbonyl (C=O) groups excluding carboxylic acids is 1. The molecule has 0 fully saturated rings. The van der Waals surface area contributed by atoms with Gasteiger partial charge in [-0.15, -0.1) is 0 Å². The van der Waals surface area contributed by atoms with Gasteiger partial charge in [-0.2, -0.15) is 21.6 Å². The van der Waals surface area contributed by atoms with Crippen molar-refractivity contribution in [3.63, 3.8) is 0 Å². The van der Waals surface area contributed by atoms with E-state index in [-0.39, 0.29) is 6.61 Å². The molecule has 0 bridgehead atoms. The number of rotatable bonds is 4. The van der Waals surface area contributed by atoms with E-state index in [0.29, 0.717) is 0 Å². The lowest BCUT2D eigenvalue weighted by Gasteiger charge is -2.24. The normalized spacial score (nSPS) is 22.0. The fourth-order valence-corrected chi connectivity index (χ4v) is 2.08. The van der Waals surface area contributed by atoms with Gasteiger partial charge in [-0.05, 0) is 20.8 Å². The molecule has 1 aliphatic heterocycles. The van der Waals surface area contributed by atoms with Crippen molar-refractivity contribution < 1.29 is 40.0 Å². The molecule has 122 valence electrons. The van der Waals surface area contributed by atoms with E-state index < -0.39 is 44.6 Å². The van der Waals surface area contributed by atoms with Gasteiger partial charge in [0.2, 0.25) is 5.76 Å². The second-order valence-corrected chi connectivity index (χ2v) is 6.36. The van der Waals surface area contributed by atoms with Crippen molar-refractivity contribution >= 4 is 16.1 Å². The van der Waals surface area contributed by atoms with Crippen LogP contribution in [0.15, 0.2) is 11.5 Å². The van der Waals surface area contributed by atoms with E-state index in [1.54, 1.807) is 0 Å². The highest BCUT2D eigenvalue weighted by atomic mass is 32.2. The Balaban J connectivity index is 3.25. The minimum Gasteiger partial charge on any atom is -0.477 e. The summed E-state index contributed by atoms with van der Waals surface area (Å²) in [5, 5.41) is 0. The molecule has 10 heteroatoms. The molecule has 0 aliphatic carbocycles. The van der Waals surface area contributed by atoms with E-state index in [0.717, 1.165) is 0 Å². The average molecular weight is 332 g/mol. The van der Waals surface area contributed by atoms with Crippen LogP contribution < -0.4 is 0 Å². The first kappa shape index (κ1) is 17.6. The fourth-order valence-electron chi connectivity index (χ4n) is 1.53. The lowest BCUT2D eigenvalue weighted by atomic mass is 9.93. The van der Waals surface area contributed by atoms with Crippen molar-refractivity contribution in [2.45, 2.75) is 38.8 Å². The molecule has 6 nitrogen and oxygen atoms in total. The van der Waals surface area contributed by atoms with Crippen molar-refractivity contribution in [3.05, 3.63) is 11.5 Å². The maximum absolute atomic E-state index is 12.4. The SMILES string of the molecule is CCOC(=O)C1=C(OS(=O)(=O)C(F)(F)F)[C@H](C)C(C)(C)O1. The van der Waals surface area contributed by atoms with Gasteiger partial charge in [0.15, 0.2) is 5.76 Å². The van der Waals surface area contributed by atoms with E-state index in [1.165, 1.54) is 27.7 Å². The second-order valence-electron chi connectivity index (χ2n) is 4.82. The van der Waals surface area contributed by atoms with Crippen LogP contribution in [-0.2, 0) is 28.6 Å². The Hall–Kier alpha value is -1.45. The zero-order valence-electron chi connectivity index (χ0n) is 11.8. The molecular weight excluding hydrogens is 317 g/mol. The number of hydrogen-bond donors (Lipinski definition) is 0. The van der Waals surface area contributed by atoms with Crippen LogP contribution in [0.3, 0.4) is 0 Å². The average Bonchev–Trinajstić information content (AvgIpc) is 2.51. The molecule has 1 aliphatic rings. The maximum atomic E-state index is 12.4. The van der Waals surface area contributed by atoms with Crippen molar-refractivity contribution in [3.8, 4) is 0 Å². The van der Waals surface area contributed by atoms with Gasteiger partial charge in [0.25, 0.3) is 0 Å². The predicted molar refractivity (Wildman–Crippen MR) is 64.0 cm³/mol. The topological polar surface area (TPSA) is 78.9 Å². The van der Waals surface area contributed by atoms with E-state index in [4.69, 9.17) is 4.74 Å². The minimum absolute atomic E-state index is 0.0558. The van der Waals surface area contributed by atoms with E-state index in [2.05, 4.69) is 8.92 Å². The van der Waals surface area contributed by atoms with Gasteiger partial charge in [-0.3, -0.25) is 0 Å². The molecule has 1 atom stereocenters. The molecule has 0 saturated carbocycles. The third-order valence-corrected chi connectivity index (χ3v) is 3.93. The van der Waals surface area contributed by atoms with Gasteiger partial charge in [0.05, 0.1) is 12.5 Å². The molecule has 0 saturated heterocycles. The summed E-state index contributed by atoms with van der Waals surface area (Å²) < 4.78 is 73.3. The van der Waals surface area contributed by atoms with Gasteiger partial charge in [-0.1, -0.05) is 6.92 Å². The maximum Gasteiger partial charge on any atom is 0.534 e. The minimum atomic E-state index is -5.89. The molecule has 0 unspecified atom stereocenters. The lowest BCUT2D eigenvalue weighted by Crippen LogP contribution is -2.30. The Morgan fingerprint density at radius 1 is 1.38 bits per heavy atom. The number of halogens is 3. The van der Waals surface area contributed by atoms with Crippen LogP contribution in [0.1, 0.15) is 27.7 Å². The highest BCUT2D eigenvalue weighted by Crippen LogP contribution is 2.42. The first-order valence-corrected chi connectivity index (χ1v) is 7.35. The Morgan fingerprint density at radius 3 is 2.33 bits per heavy atom. The number of hydrogen-bond acceptors (Lipinski definition) is 6. The molecular formula is C11H15F3O6S. The summed E-state index contributed by atoms with van der Waals surface area (Å²) in [5.74, 6) is -3.35. The monoisotopic (exact) mass is 332 g/mol. The highest BCUT2D eigenvalue weighted by Gasteiger charge is 2.53. The van der Waals surface area contributed by atoms with E-state index >= 15 is 0 Å². The Morgan fingerprint density at radius 2 is 1.90 bits per heavy atom. The Kier molecular flexibility index (Phi) is 4.52. The molecule has 0 radical (unpaired) electrons. The predicted octanol–water partition coefficient (Wildman–Crippen LogP) is 2.07. The molecule has 0 aromatic rings. The number of ether oxygens (including phenoxy) is 2. The highest BCUT2D eigenvalue weighted by molar-refractivity contribution is 7.87. The molecule has 1 heterocycles. The van der Waals surface area contributed by atoms with E-state index in [1.807, 2.05) is 0 Å². The molecule has 0 aromatic heterocycles. The van der Waals surface area contributed by atoms with Gasteiger partial charge in [0.1, 0.15) is 5.60 Å². The van der Waals surface area contributed by atoms with Crippen LogP contribution in [0.5, 0.6) is 0 Å². The van der Waals surface area contributed by atoms with Gasteiger partial charge >= 0.3 is 21.6 Å². The summed E-state index contributed by atoms with van der Waals surface area (Å²) >= 11 is 0. The molecule has 0 N–H and O–H groups in total. The molecule has 0 spiro atoms. The molecule has 1 rings (SSSR count). The van der Waals surface area contributed by atoms with Gasteiger partial charge in [0, 0.05) is 0 Å². The Bertz CT molecular complexity index is 561. The van der Waals surface area contributed by atoms with Crippen LogP contribution in [0.4, 0.5) is 13.2 Å². The van der Waals surface area contributed by atoms with Crippen LogP contribution in [-0.4, -0.2) is 32.1 Å². The number of carbonyl (C=O) groups is 1. The summed E-state index contributed by atoms with van der Waals surface area (Å²) in [7, 11) is -5.89. The summed E-state index contributed by atoms with van der Waals surface area (Å²) in [6, 6.07) is 0. The zero-order valence-corrected chi connectivity index (χ0v) is 12.6. The molecule has 0 aromatic carbocycles. The quantitative estimate of drug-likeness (QED) is 0.445. The smallest absolute Gasteiger partial charge is 0.477 e. The van der Waals surface area contributed by atoms with Crippen molar-refractivity contribution in [1.82, 2.24) is 0 Å². The van der Waals surface area contributed by atoms with Crippen LogP contribution in [0.25, 0.3) is 0 Å². The standard InChI is InChI=1S/C11H15F3O6S/c1-5-18-9(15)8-7(6(2)10(3,4)19-8)20-21(16,17)11(12,13)14/h6H,5H2,1-4H3/t6-/m0/s1. The third kappa shape index (κ3) is 3.42. The van der Waals surface area contributed by atoms with Gasteiger partial charge < -0.3 is 13.7 Å². The van der Waals surface area contributed by atoms with E-state index in [9.17, 15) is 26.4 Å². The second kappa shape index (κ2) is 5.39. The fraction of sp³-hybridized carbons (Fsp3) is 0.727. The lowest BCUT2D eigenvalue weighted by molar-refractivity contribution is -0.144. The Labute approximate surface area is 120 Å². The first-order valence-electron chi connectivity index (χ1n) is 5.94. The van der Waals surface area contributed by atoms with Crippen LogP contribution in [0, 0.1) is 5.92 Å². The van der Waals surface area contributed by atoms with Crippen LogP contribution in [0.2, 0.25) is 0 Å². The molecule has 0 amide bonds. The van der Waals surface area contributed by atoms with Gasteiger partial charge in [-0.25, -0.2) is 4.79 Å². The largest absolute Gasteiger partial charge is 0.534 e. The first-order chi connectivity index (χ1) is 9.33. The van der Waals surface area contributed by atoms with Crippen molar-refractivity contribution in [1.29, 1.82) is 0 Å². The zero-order chi connectivity index (χ0) is 16.6. The number of esters is 1. The summed E-state index contributed by atoms with van der Waals surface area (Å²) in [6.07, 6.45) is 0. The summed E-state index contributed by atoms with van der Waals surface area (Å²) in [4.78, 5) is 11.7. The van der Waals surface area contributed by atoms with Crippen LogP contribution >= 0.6 is 0 Å². The molecule has 21 heavy (non-hydrogen) atoms.